The molecule has 0 spiro atoms. The van der Waals surface area contributed by atoms with Crippen molar-refractivity contribution in [2.24, 2.45) is 4.99 Å². The van der Waals surface area contributed by atoms with Crippen LogP contribution in [0.15, 0.2) is 66.2 Å². The Kier molecular flexibility index (Phi) is 6.96. The zero-order chi connectivity index (χ0) is 17.2. The molecule has 0 heterocycles. The molecule has 2 rings (SSSR count). The number of esters is 1. The number of aliphatic imine (C=N–C) groups is 1. The molecule has 0 saturated carbocycles. The van der Waals surface area contributed by atoms with Gasteiger partial charge in [0.15, 0.2) is 0 Å². The number of unbranched alkanes of at least 4 members (excludes halogenated alkanes) is 1. The van der Waals surface area contributed by atoms with E-state index >= 15 is 0 Å². The van der Waals surface area contributed by atoms with Crippen molar-refractivity contribution in [3.05, 3.63) is 77.9 Å². The average molecular weight is 321 g/mol. The first-order chi connectivity index (χ1) is 11.7. The van der Waals surface area contributed by atoms with E-state index in [9.17, 15) is 4.79 Å². The molecule has 0 radical (unpaired) electrons. The van der Waals surface area contributed by atoms with Gasteiger partial charge in [0.25, 0.3) is 0 Å². The minimum absolute atomic E-state index is 0.251. The SMILES string of the molecule is C=CC(=O)OCc1ccc(C=Nc2ccc(CCCC)cc2)cc1. The van der Waals surface area contributed by atoms with E-state index in [0.29, 0.717) is 0 Å². The Labute approximate surface area is 143 Å². The van der Waals surface area contributed by atoms with Crippen LogP contribution in [0.4, 0.5) is 5.69 Å². The fraction of sp³-hybridized carbons (Fsp3) is 0.238. The molecule has 0 aliphatic rings. The summed E-state index contributed by atoms with van der Waals surface area (Å²) in [5.74, 6) is -0.414. The first kappa shape index (κ1) is 17.7. The van der Waals surface area contributed by atoms with E-state index in [1.54, 1.807) is 0 Å². The highest BCUT2D eigenvalue weighted by molar-refractivity contribution is 5.82. The minimum Gasteiger partial charge on any atom is -0.458 e. The molecule has 0 saturated heterocycles. The third kappa shape index (κ3) is 5.84. The van der Waals surface area contributed by atoms with Crippen molar-refractivity contribution in [1.82, 2.24) is 0 Å². The topological polar surface area (TPSA) is 38.7 Å². The fourth-order valence-electron chi connectivity index (χ4n) is 2.19. The van der Waals surface area contributed by atoms with E-state index in [2.05, 4.69) is 30.6 Å². The van der Waals surface area contributed by atoms with Crippen LogP contribution < -0.4 is 0 Å². The number of hydrogen-bond acceptors (Lipinski definition) is 3. The predicted molar refractivity (Wildman–Crippen MR) is 98.7 cm³/mol. The van der Waals surface area contributed by atoms with E-state index in [-0.39, 0.29) is 6.61 Å². The Morgan fingerprint density at radius 3 is 2.38 bits per heavy atom. The molecular weight excluding hydrogens is 298 g/mol. The third-order valence-corrected chi connectivity index (χ3v) is 3.65. The van der Waals surface area contributed by atoms with Gasteiger partial charge in [-0.2, -0.15) is 0 Å². The molecule has 24 heavy (non-hydrogen) atoms. The Balaban J connectivity index is 1.91. The van der Waals surface area contributed by atoms with Crippen LogP contribution in [-0.4, -0.2) is 12.2 Å². The number of nitrogens with zero attached hydrogens (tertiary/aromatic N) is 1. The van der Waals surface area contributed by atoms with Crippen molar-refractivity contribution in [2.45, 2.75) is 32.8 Å². The smallest absolute Gasteiger partial charge is 0.330 e. The van der Waals surface area contributed by atoms with Gasteiger partial charge in [-0.05, 0) is 41.7 Å². The van der Waals surface area contributed by atoms with Crippen LogP contribution in [0.5, 0.6) is 0 Å². The minimum atomic E-state index is -0.414. The number of rotatable bonds is 8. The number of aryl methyl sites for hydroxylation is 1. The molecule has 0 bridgehead atoms. The molecule has 0 aromatic heterocycles. The molecule has 124 valence electrons. The van der Waals surface area contributed by atoms with E-state index in [0.717, 1.165) is 29.3 Å². The Hall–Kier alpha value is -2.68. The van der Waals surface area contributed by atoms with Gasteiger partial charge in [-0.25, -0.2) is 4.79 Å². The highest BCUT2D eigenvalue weighted by Gasteiger charge is 1.98. The van der Waals surface area contributed by atoms with Gasteiger partial charge in [-0.3, -0.25) is 4.99 Å². The lowest BCUT2D eigenvalue weighted by atomic mass is 10.1. The number of benzene rings is 2. The average Bonchev–Trinajstić information content (AvgIpc) is 2.64. The maximum atomic E-state index is 11.0. The molecule has 0 amide bonds. The summed E-state index contributed by atoms with van der Waals surface area (Å²) < 4.78 is 4.99. The van der Waals surface area contributed by atoms with Gasteiger partial charge in [0.1, 0.15) is 6.61 Å². The molecule has 0 N–H and O–H groups in total. The molecule has 3 heteroatoms. The van der Waals surface area contributed by atoms with Gasteiger partial charge in [0, 0.05) is 12.3 Å². The summed E-state index contributed by atoms with van der Waals surface area (Å²) in [5.41, 5.74) is 4.24. The van der Waals surface area contributed by atoms with Gasteiger partial charge in [0.05, 0.1) is 5.69 Å². The highest BCUT2D eigenvalue weighted by atomic mass is 16.5. The lowest BCUT2D eigenvalue weighted by Crippen LogP contribution is -2.00. The van der Waals surface area contributed by atoms with Crippen LogP contribution in [0.3, 0.4) is 0 Å². The molecule has 0 aliphatic carbocycles. The maximum Gasteiger partial charge on any atom is 0.330 e. The second kappa shape index (κ2) is 9.46. The van der Waals surface area contributed by atoms with E-state index in [1.165, 1.54) is 18.4 Å². The number of carbonyl (C=O) groups excluding carboxylic acids is 1. The van der Waals surface area contributed by atoms with E-state index < -0.39 is 5.97 Å². The van der Waals surface area contributed by atoms with Gasteiger partial charge in [0.2, 0.25) is 0 Å². The number of carbonyl (C=O) groups is 1. The van der Waals surface area contributed by atoms with Crippen molar-refractivity contribution in [3.63, 3.8) is 0 Å². The van der Waals surface area contributed by atoms with Gasteiger partial charge < -0.3 is 4.74 Å². The fourth-order valence-corrected chi connectivity index (χ4v) is 2.19. The second-order valence-electron chi connectivity index (χ2n) is 5.58. The maximum absolute atomic E-state index is 11.0. The normalized spacial score (nSPS) is 10.7. The van der Waals surface area contributed by atoms with Crippen molar-refractivity contribution in [2.75, 3.05) is 0 Å². The van der Waals surface area contributed by atoms with Gasteiger partial charge >= 0.3 is 5.97 Å². The first-order valence-electron chi connectivity index (χ1n) is 8.22. The summed E-state index contributed by atoms with van der Waals surface area (Å²) in [7, 11) is 0. The van der Waals surface area contributed by atoms with Crippen molar-refractivity contribution < 1.29 is 9.53 Å². The quantitative estimate of drug-likeness (QED) is 0.389. The Morgan fingerprint density at radius 2 is 1.75 bits per heavy atom. The number of ether oxygens (including phenoxy) is 1. The summed E-state index contributed by atoms with van der Waals surface area (Å²) in [6.07, 6.45) is 6.55. The molecular formula is C21H23NO2. The molecule has 2 aromatic carbocycles. The van der Waals surface area contributed by atoms with Crippen LogP contribution in [0, 0.1) is 0 Å². The van der Waals surface area contributed by atoms with Crippen molar-refractivity contribution >= 4 is 17.9 Å². The van der Waals surface area contributed by atoms with Crippen LogP contribution in [0.2, 0.25) is 0 Å². The summed E-state index contributed by atoms with van der Waals surface area (Å²) in [6, 6.07) is 16.1. The first-order valence-corrected chi connectivity index (χ1v) is 8.22. The van der Waals surface area contributed by atoms with Crippen molar-refractivity contribution in [1.29, 1.82) is 0 Å². The van der Waals surface area contributed by atoms with Gasteiger partial charge in [-0.1, -0.05) is 56.3 Å². The predicted octanol–water partition coefficient (Wildman–Crippen LogP) is 5.01. The molecule has 0 unspecified atom stereocenters. The largest absolute Gasteiger partial charge is 0.458 e. The van der Waals surface area contributed by atoms with Crippen LogP contribution in [0.25, 0.3) is 0 Å². The van der Waals surface area contributed by atoms with Crippen molar-refractivity contribution in [3.8, 4) is 0 Å². The molecule has 0 fully saturated rings. The lowest BCUT2D eigenvalue weighted by molar-refractivity contribution is -0.138. The summed E-state index contributed by atoms with van der Waals surface area (Å²) in [6.45, 7) is 5.82. The summed E-state index contributed by atoms with van der Waals surface area (Å²) in [5, 5.41) is 0. The van der Waals surface area contributed by atoms with E-state index in [1.807, 2.05) is 42.6 Å². The Bertz CT molecular complexity index is 685. The lowest BCUT2D eigenvalue weighted by Gasteiger charge is -2.03. The van der Waals surface area contributed by atoms with Crippen LogP contribution >= 0.6 is 0 Å². The van der Waals surface area contributed by atoms with Gasteiger partial charge in [-0.15, -0.1) is 0 Å². The van der Waals surface area contributed by atoms with Crippen LogP contribution in [0.1, 0.15) is 36.5 Å². The highest BCUT2D eigenvalue weighted by Crippen LogP contribution is 2.15. The third-order valence-electron chi connectivity index (χ3n) is 3.65. The summed E-state index contributed by atoms with van der Waals surface area (Å²) >= 11 is 0. The molecule has 0 aliphatic heterocycles. The zero-order valence-electron chi connectivity index (χ0n) is 14.1. The standard InChI is InChI=1S/C21H23NO2/c1-3-5-6-17-11-13-20(14-12-17)22-15-18-7-9-19(10-8-18)16-24-21(23)4-2/h4,7-15H,2-3,5-6,16H2,1H3. The molecule has 0 atom stereocenters. The van der Waals surface area contributed by atoms with Crippen LogP contribution in [-0.2, 0) is 22.6 Å². The number of hydrogen-bond donors (Lipinski definition) is 0. The zero-order valence-corrected chi connectivity index (χ0v) is 14.1. The van der Waals surface area contributed by atoms with E-state index in [4.69, 9.17) is 4.74 Å². The molecule has 2 aromatic rings. The summed E-state index contributed by atoms with van der Waals surface area (Å²) in [4.78, 5) is 15.5. The monoisotopic (exact) mass is 321 g/mol. The molecule has 3 nitrogen and oxygen atoms in total. The second-order valence-corrected chi connectivity index (χ2v) is 5.58. The Morgan fingerprint density at radius 1 is 1.08 bits per heavy atom.